The van der Waals surface area contributed by atoms with Crippen molar-refractivity contribution in [3.05, 3.63) is 53.6 Å². The molecule has 2 aromatic rings. The van der Waals surface area contributed by atoms with Crippen LogP contribution in [0.15, 0.2) is 48.0 Å². The molecule has 0 aliphatic heterocycles. The maximum Gasteiger partial charge on any atom is 0.349 e. The van der Waals surface area contributed by atoms with Gasteiger partial charge in [-0.15, -0.1) is 0 Å². The maximum atomic E-state index is 11.8. The summed E-state index contributed by atoms with van der Waals surface area (Å²) in [6.45, 7) is 3.51. The monoisotopic (exact) mass is 265 g/mol. The number of nitriles is 1. The molecule has 0 saturated heterocycles. The van der Waals surface area contributed by atoms with Crippen LogP contribution in [0, 0.1) is 11.3 Å². The lowest BCUT2D eigenvalue weighted by atomic mass is 10.0. The van der Waals surface area contributed by atoms with E-state index in [1.54, 1.807) is 19.9 Å². The number of ether oxygens (including phenoxy) is 1. The molecule has 0 unspecified atom stereocenters. The van der Waals surface area contributed by atoms with Crippen molar-refractivity contribution in [2.24, 2.45) is 0 Å². The average Bonchev–Trinajstić information content (AvgIpc) is 2.44. The van der Waals surface area contributed by atoms with Gasteiger partial charge in [-0.3, -0.25) is 0 Å². The summed E-state index contributed by atoms with van der Waals surface area (Å²) < 4.78 is 5.06. The molecule has 0 bridgehead atoms. The van der Waals surface area contributed by atoms with Crippen LogP contribution < -0.4 is 0 Å². The van der Waals surface area contributed by atoms with Gasteiger partial charge in [-0.25, -0.2) is 4.79 Å². The van der Waals surface area contributed by atoms with E-state index in [0.29, 0.717) is 0 Å². The van der Waals surface area contributed by atoms with E-state index in [1.807, 2.05) is 48.5 Å². The molecular weight excluding hydrogens is 250 g/mol. The number of hydrogen-bond donors (Lipinski definition) is 0. The molecule has 0 radical (unpaired) electrons. The fourth-order valence-electron chi connectivity index (χ4n) is 1.95. The van der Waals surface area contributed by atoms with Crippen molar-refractivity contribution in [1.82, 2.24) is 0 Å². The van der Waals surface area contributed by atoms with Gasteiger partial charge in [0.15, 0.2) is 0 Å². The van der Waals surface area contributed by atoms with Crippen molar-refractivity contribution in [3.63, 3.8) is 0 Å². The summed E-state index contributed by atoms with van der Waals surface area (Å²) >= 11 is 0. The van der Waals surface area contributed by atoms with Gasteiger partial charge in [-0.05, 0) is 36.3 Å². The predicted molar refractivity (Wildman–Crippen MR) is 78.8 cm³/mol. The number of benzene rings is 2. The fraction of sp³-hybridized carbons (Fsp3) is 0.176. The summed E-state index contributed by atoms with van der Waals surface area (Å²) in [6.07, 6.45) is 1.33. The Bertz CT molecular complexity index is 703. The van der Waals surface area contributed by atoms with Gasteiger partial charge in [0.1, 0.15) is 11.6 Å². The molecule has 0 aromatic heterocycles. The SMILES string of the molecule is CC(C)OC(=O)C(C#N)=Cc1cccc2ccccc12. The highest BCUT2D eigenvalue weighted by molar-refractivity contribution is 6.01. The van der Waals surface area contributed by atoms with E-state index >= 15 is 0 Å². The molecule has 100 valence electrons. The van der Waals surface area contributed by atoms with Crippen molar-refractivity contribution in [3.8, 4) is 6.07 Å². The zero-order valence-corrected chi connectivity index (χ0v) is 11.5. The van der Waals surface area contributed by atoms with E-state index in [4.69, 9.17) is 10.00 Å². The van der Waals surface area contributed by atoms with Crippen LogP contribution in [0.4, 0.5) is 0 Å². The first kappa shape index (κ1) is 13.8. The summed E-state index contributed by atoms with van der Waals surface area (Å²) in [7, 11) is 0. The largest absolute Gasteiger partial charge is 0.459 e. The Balaban J connectivity index is 2.45. The van der Waals surface area contributed by atoms with Gasteiger partial charge in [0.05, 0.1) is 6.10 Å². The highest BCUT2D eigenvalue weighted by atomic mass is 16.5. The molecule has 2 rings (SSSR count). The normalized spacial score (nSPS) is 11.4. The Morgan fingerprint density at radius 3 is 2.60 bits per heavy atom. The third-order valence-electron chi connectivity index (χ3n) is 2.81. The summed E-state index contributed by atoms with van der Waals surface area (Å²) in [6, 6.07) is 15.5. The van der Waals surface area contributed by atoms with Crippen LogP contribution >= 0.6 is 0 Å². The van der Waals surface area contributed by atoms with Gasteiger partial charge >= 0.3 is 5.97 Å². The first-order valence-corrected chi connectivity index (χ1v) is 6.42. The first-order valence-electron chi connectivity index (χ1n) is 6.42. The van der Waals surface area contributed by atoms with Crippen LogP contribution in [-0.2, 0) is 9.53 Å². The third-order valence-corrected chi connectivity index (χ3v) is 2.81. The maximum absolute atomic E-state index is 11.8. The highest BCUT2D eigenvalue weighted by Gasteiger charge is 2.12. The molecule has 0 atom stereocenters. The minimum atomic E-state index is -0.588. The summed E-state index contributed by atoms with van der Waals surface area (Å²) in [5, 5.41) is 11.2. The van der Waals surface area contributed by atoms with Crippen molar-refractivity contribution < 1.29 is 9.53 Å². The van der Waals surface area contributed by atoms with Crippen LogP contribution in [0.2, 0.25) is 0 Å². The molecule has 0 heterocycles. The van der Waals surface area contributed by atoms with Crippen LogP contribution in [0.3, 0.4) is 0 Å². The van der Waals surface area contributed by atoms with E-state index in [1.165, 1.54) is 0 Å². The lowest BCUT2D eigenvalue weighted by Gasteiger charge is -2.07. The van der Waals surface area contributed by atoms with Gasteiger partial charge in [-0.1, -0.05) is 42.5 Å². The van der Waals surface area contributed by atoms with E-state index in [9.17, 15) is 4.79 Å². The third kappa shape index (κ3) is 3.04. The van der Waals surface area contributed by atoms with Crippen molar-refractivity contribution in [2.45, 2.75) is 20.0 Å². The molecule has 0 aliphatic rings. The van der Waals surface area contributed by atoms with Crippen molar-refractivity contribution in [2.75, 3.05) is 0 Å². The summed E-state index contributed by atoms with van der Waals surface area (Å²) in [5.41, 5.74) is 0.843. The Labute approximate surface area is 118 Å². The predicted octanol–water partition coefficient (Wildman–Crippen LogP) is 3.70. The summed E-state index contributed by atoms with van der Waals surface area (Å²) in [4.78, 5) is 11.8. The number of nitrogens with zero attached hydrogens (tertiary/aromatic N) is 1. The zero-order valence-electron chi connectivity index (χ0n) is 11.5. The minimum absolute atomic E-state index is 0.00931. The second-order valence-corrected chi connectivity index (χ2v) is 4.69. The number of carbonyl (C=O) groups is 1. The number of hydrogen-bond acceptors (Lipinski definition) is 3. The molecule has 3 heteroatoms. The molecule has 0 N–H and O–H groups in total. The molecule has 20 heavy (non-hydrogen) atoms. The lowest BCUT2D eigenvalue weighted by molar-refractivity contribution is -0.142. The molecule has 0 amide bonds. The molecule has 0 fully saturated rings. The average molecular weight is 265 g/mol. The molecule has 2 aromatic carbocycles. The quantitative estimate of drug-likeness (QED) is 0.483. The molecule has 0 saturated carbocycles. The van der Waals surface area contributed by atoms with Crippen LogP contribution in [0.5, 0.6) is 0 Å². The Hall–Kier alpha value is -2.60. The van der Waals surface area contributed by atoms with Crippen molar-refractivity contribution >= 4 is 22.8 Å². The topological polar surface area (TPSA) is 50.1 Å². The van der Waals surface area contributed by atoms with Gasteiger partial charge in [0.25, 0.3) is 0 Å². The molecule has 0 aliphatic carbocycles. The van der Waals surface area contributed by atoms with E-state index < -0.39 is 5.97 Å². The Kier molecular flexibility index (Phi) is 4.17. The molecular formula is C17H15NO2. The van der Waals surface area contributed by atoms with Crippen LogP contribution in [0.1, 0.15) is 19.4 Å². The van der Waals surface area contributed by atoms with E-state index in [2.05, 4.69) is 0 Å². The number of carbonyl (C=O) groups excluding carboxylic acids is 1. The van der Waals surface area contributed by atoms with Gasteiger partial charge in [0.2, 0.25) is 0 Å². The number of fused-ring (bicyclic) bond motifs is 1. The van der Waals surface area contributed by atoms with E-state index in [-0.39, 0.29) is 11.7 Å². The van der Waals surface area contributed by atoms with Crippen LogP contribution in [-0.4, -0.2) is 12.1 Å². The standard InChI is InChI=1S/C17H15NO2/c1-12(2)20-17(19)15(11-18)10-14-8-5-7-13-6-3-4-9-16(13)14/h3-10,12H,1-2H3. The molecule has 3 nitrogen and oxygen atoms in total. The second-order valence-electron chi connectivity index (χ2n) is 4.69. The van der Waals surface area contributed by atoms with Gasteiger partial charge < -0.3 is 4.74 Å². The zero-order chi connectivity index (χ0) is 14.5. The van der Waals surface area contributed by atoms with Crippen LogP contribution in [0.25, 0.3) is 16.8 Å². The minimum Gasteiger partial charge on any atom is -0.459 e. The Morgan fingerprint density at radius 2 is 1.90 bits per heavy atom. The number of rotatable bonds is 3. The second kappa shape index (κ2) is 6.03. The first-order chi connectivity index (χ1) is 9.61. The van der Waals surface area contributed by atoms with Gasteiger partial charge in [-0.2, -0.15) is 5.26 Å². The van der Waals surface area contributed by atoms with E-state index in [0.717, 1.165) is 16.3 Å². The highest BCUT2D eigenvalue weighted by Crippen LogP contribution is 2.21. The Morgan fingerprint density at radius 1 is 1.20 bits per heavy atom. The molecule has 0 spiro atoms. The number of esters is 1. The van der Waals surface area contributed by atoms with Crippen molar-refractivity contribution in [1.29, 1.82) is 5.26 Å². The lowest BCUT2D eigenvalue weighted by Crippen LogP contribution is -2.12. The van der Waals surface area contributed by atoms with Gasteiger partial charge in [0, 0.05) is 0 Å². The smallest absolute Gasteiger partial charge is 0.349 e. The fourth-order valence-corrected chi connectivity index (χ4v) is 1.95. The summed E-state index contributed by atoms with van der Waals surface area (Å²) in [5.74, 6) is -0.588.